The van der Waals surface area contributed by atoms with Gasteiger partial charge in [-0.1, -0.05) is 50.1 Å². The lowest BCUT2D eigenvalue weighted by Gasteiger charge is -2.43. The molecule has 21 heavy (non-hydrogen) atoms. The van der Waals surface area contributed by atoms with Crippen LogP contribution in [-0.2, 0) is 4.74 Å². The van der Waals surface area contributed by atoms with Crippen molar-refractivity contribution >= 4 is 0 Å². The molecule has 0 radical (unpaired) electrons. The molecule has 1 fully saturated rings. The van der Waals surface area contributed by atoms with Crippen molar-refractivity contribution in [3.05, 3.63) is 35.9 Å². The Kier molecular flexibility index (Phi) is 6.68. The molecule has 1 aliphatic rings. The largest absolute Gasteiger partial charge is 0.383 e. The highest BCUT2D eigenvalue weighted by Crippen LogP contribution is 2.33. The van der Waals surface area contributed by atoms with Crippen LogP contribution in [0.5, 0.6) is 0 Å². The number of likely N-dealkylation sites (N-methyl/N-ethyl adjacent to an activating group) is 1. The van der Waals surface area contributed by atoms with Crippen LogP contribution < -0.4 is 5.73 Å². The summed E-state index contributed by atoms with van der Waals surface area (Å²) in [6.45, 7) is 4.85. The van der Waals surface area contributed by atoms with Crippen molar-refractivity contribution in [3.8, 4) is 0 Å². The zero-order valence-corrected chi connectivity index (χ0v) is 13.5. The van der Waals surface area contributed by atoms with E-state index >= 15 is 0 Å². The van der Waals surface area contributed by atoms with Gasteiger partial charge in [0.25, 0.3) is 0 Å². The summed E-state index contributed by atoms with van der Waals surface area (Å²) in [4.78, 5) is 2.62. The van der Waals surface area contributed by atoms with Gasteiger partial charge in [0.05, 0.1) is 12.6 Å². The van der Waals surface area contributed by atoms with Crippen molar-refractivity contribution in [3.63, 3.8) is 0 Å². The summed E-state index contributed by atoms with van der Waals surface area (Å²) in [6, 6.07) is 11.7. The molecule has 1 aliphatic carbocycles. The highest BCUT2D eigenvalue weighted by Gasteiger charge is 2.33. The number of hydrogen-bond acceptors (Lipinski definition) is 3. The highest BCUT2D eigenvalue weighted by atomic mass is 16.5. The fourth-order valence-electron chi connectivity index (χ4n) is 3.80. The van der Waals surface area contributed by atoms with Gasteiger partial charge in [-0.25, -0.2) is 0 Å². The van der Waals surface area contributed by atoms with Crippen molar-refractivity contribution in [1.82, 2.24) is 4.90 Å². The molecule has 0 aromatic heterocycles. The van der Waals surface area contributed by atoms with Crippen molar-refractivity contribution < 1.29 is 4.74 Å². The second-order valence-corrected chi connectivity index (χ2v) is 6.06. The Morgan fingerprint density at radius 1 is 1.24 bits per heavy atom. The van der Waals surface area contributed by atoms with Crippen LogP contribution >= 0.6 is 0 Å². The molecule has 3 atom stereocenters. The van der Waals surface area contributed by atoms with E-state index in [4.69, 9.17) is 10.5 Å². The van der Waals surface area contributed by atoms with E-state index in [0.717, 1.165) is 19.7 Å². The second-order valence-electron chi connectivity index (χ2n) is 6.06. The molecule has 0 bridgehead atoms. The van der Waals surface area contributed by atoms with Crippen molar-refractivity contribution in [2.24, 2.45) is 11.7 Å². The lowest BCUT2D eigenvalue weighted by atomic mass is 9.82. The average molecular weight is 290 g/mol. The minimum absolute atomic E-state index is 0.332. The molecule has 1 saturated carbocycles. The molecule has 0 saturated heterocycles. The molecule has 3 nitrogen and oxygen atoms in total. The Bertz CT molecular complexity index is 395. The van der Waals surface area contributed by atoms with Crippen LogP contribution in [0.1, 0.15) is 44.2 Å². The lowest BCUT2D eigenvalue weighted by Crippen LogP contribution is -2.47. The highest BCUT2D eigenvalue weighted by molar-refractivity contribution is 5.19. The molecule has 0 heterocycles. The molecule has 3 unspecified atom stereocenters. The number of benzene rings is 1. The van der Waals surface area contributed by atoms with Gasteiger partial charge in [0.1, 0.15) is 0 Å². The van der Waals surface area contributed by atoms with Crippen molar-refractivity contribution in [2.45, 2.75) is 44.7 Å². The summed E-state index contributed by atoms with van der Waals surface area (Å²) in [5.41, 5.74) is 7.39. The van der Waals surface area contributed by atoms with Crippen molar-refractivity contribution in [1.29, 1.82) is 0 Å². The third-order valence-corrected chi connectivity index (χ3v) is 4.87. The first-order valence-corrected chi connectivity index (χ1v) is 8.31. The van der Waals surface area contributed by atoms with Gasteiger partial charge in [-0.05, 0) is 37.4 Å². The SMILES string of the molecule is CCN(C(COC)c1ccccc1)C1CCCCC1CN. The Hall–Kier alpha value is -0.900. The number of hydrogen-bond donors (Lipinski definition) is 1. The molecular weight excluding hydrogens is 260 g/mol. The monoisotopic (exact) mass is 290 g/mol. The predicted octanol–water partition coefficient (Wildman–Crippen LogP) is 3.21. The normalized spacial score (nSPS) is 24.2. The van der Waals surface area contributed by atoms with Crippen LogP contribution in [0.15, 0.2) is 30.3 Å². The molecular formula is C18H30N2O. The summed E-state index contributed by atoms with van der Waals surface area (Å²) in [5, 5.41) is 0. The van der Waals surface area contributed by atoms with E-state index in [1.165, 1.54) is 31.2 Å². The van der Waals surface area contributed by atoms with Gasteiger partial charge >= 0.3 is 0 Å². The maximum atomic E-state index is 6.04. The summed E-state index contributed by atoms with van der Waals surface area (Å²) < 4.78 is 5.53. The van der Waals surface area contributed by atoms with Crippen molar-refractivity contribution in [2.75, 3.05) is 26.8 Å². The topological polar surface area (TPSA) is 38.5 Å². The van der Waals surface area contributed by atoms with E-state index in [-0.39, 0.29) is 0 Å². The lowest BCUT2D eigenvalue weighted by molar-refractivity contribution is 0.0273. The Balaban J connectivity index is 2.22. The van der Waals surface area contributed by atoms with Gasteiger partial charge in [0.15, 0.2) is 0 Å². The molecule has 2 rings (SSSR count). The second kappa shape index (κ2) is 8.52. The minimum atomic E-state index is 0.332. The third kappa shape index (κ3) is 4.06. The first-order chi connectivity index (χ1) is 10.3. The van der Waals surface area contributed by atoms with Crippen LogP contribution in [-0.4, -0.2) is 37.7 Å². The number of rotatable bonds is 7. The maximum absolute atomic E-state index is 6.04. The standard InChI is InChI=1S/C18H30N2O/c1-3-20(17-12-8-7-11-16(17)13-19)18(14-21-2)15-9-5-4-6-10-15/h4-6,9-10,16-18H,3,7-8,11-14,19H2,1-2H3. The molecule has 118 valence electrons. The van der Waals surface area contributed by atoms with Crippen LogP contribution in [0.4, 0.5) is 0 Å². The molecule has 3 heteroatoms. The summed E-state index contributed by atoms with van der Waals surface area (Å²) in [5.74, 6) is 0.627. The van der Waals surface area contributed by atoms with E-state index in [9.17, 15) is 0 Å². The van der Waals surface area contributed by atoms with Gasteiger partial charge in [-0.15, -0.1) is 0 Å². The number of nitrogens with two attached hydrogens (primary N) is 1. The summed E-state index contributed by atoms with van der Waals surface area (Å²) in [7, 11) is 1.80. The van der Waals surface area contributed by atoms with Gasteiger partial charge in [-0.2, -0.15) is 0 Å². The van der Waals surface area contributed by atoms with E-state index in [2.05, 4.69) is 42.2 Å². The van der Waals surface area contributed by atoms with Gasteiger partial charge in [0, 0.05) is 13.2 Å². The summed E-state index contributed by atoms with van der Waals surface area (Å²) in [6.07, 6.45) is 5.19. The quantitative estimate of drug-likeness (QED) is 0.838. The number of ether oxygens (including phenoxy) is 1. The van der Waals surface area contributed by atoms with Crippen LogP contribution in [0.2, 0.25) is 0 Å². The van der Waals surface area contributed by atoms with Gasteiger partial charge in [0.2, 0.25) is 0 Å². The zero-order chi connectivity index (χ0) is 15.1. The first-order valence-electron chi connectivity index (χ1n) is 8.31. The van der Waals surface area contributed by atoms with Gasteiger partial charge in [-0.3, -0.25) is 4.90 Å². The summed E-state index contributed by atoms with van der Waals surface area (Å²) >= 11 is 0. The Labute approximate surface area is 129 Å². The zero-order valence-electron chi connectivity index (χ0n) is 13.5. The van der Waals surface area contributed by atoms with E-state index in [1.54, 1.807) is 7.11 Å². The average Bonchev–Trinajstić information content (AvgIpc) is 2.56. The van der Waals surface area contributed by atoms with E-state index in [0.29, 0.717) is 18.0 Å². The van der Waals surface area contributed by atoms with Crippen LogP contribution in [0.25, 0.3) is 0 Å². The maximum Gasteiger partial charge on any atom is 0.0659 e. The van der Waals surface area contributed by atoms with Gasteiger partial charge < -0.3 is 10.5 Å². The molecule has 0 spiro atoms. The third-order valence-electron chi connectivity index (χ3n) is 4.87. The molecule has 2 N–H and O–H groups in total. The van der Waals surface area contributed by atoms with E-state index < -0.39 is 0 Å². The molecule has 1 aromatic rings. The molecule has 1 aromatic carbocycles. The minimum Gasteiger partial charge on any atom is -0.383 e. The van der Waals surface area contributed by atoms with Crippen LogP contribution in [0, 0.1) is 5.92 Å². The Morgan fingerprint density at radius 2 is 1.95 bits per heavy atom. The fourth-order valence-corrected chi connectivity index (χ4v) is 3.80. The van der Waals surface area contributed by atoms with Crippen LogP contribution in [0.3, 0.4) is 0 Å². The molecule has 0 aliphatic heterocycles. The number of nitrogens with zero attached hydrogens (tertiary/aromatic N) is 1. The number of methoxy groups -OCH3 is 1. The molecule has 0 amide bonds. The Morgan fingerprint density at radius 3 is 2.57 bits per heavy atom. The fraction of sp³-hybridized carbons (Fsp3) is 0.667. The smallest absolute Gasteiger partial charge is 0.0659 e. The van der Waals surface area contributed by atoms with E-state index in [1.807, 2.05) is 0 Å². The predicted molar refractivity (Wildman–Crippen MR) is 88.2 cm³/mol. The first kappa shape index (κ1) is 16.5.